The van der Waals surface area contributed by atoms with Crippen LogP contribution in [0.25, 0.3) is 0 Å². The molecule has 1 aromatic rings. The average molecular weight is 248 g/mol. The Balaban J connectivity index is 2.75. The predicted molar refractivity (Wildman–Crippen MR) is 75.1 cm³/mol. The first-order chi connectivity index (χ1) is 8.59. The van der Waals surface area contributed by atoms with Crippen LogP contribution in [0.4, 0.5) is 0 Å². The van der Waals surface area contributed by atoms with Crippen LogP contribution in [0.15, 0.2) is 30.3 Å². The summed E-state index contributed by atoms with van der Waals surface area (Å²) in [5.74, 6) is 0.0614. The van der Waals surface area contributed by atoms with E-state index in [2.05, 4.69) is 5.32 Å². The zero-order valence-electron chi connectivity index (χ0n) is 11.6. The maximum absolute atomic E-state index is 12.4. The van der Waals surface area contributed by atoms with E-state index in [1.165, 1.54) is 0 Å². The number of nitrogens with two attached hydrogens (primary N) is 1. The SMILES string of the molecule is CCC(CC)(CN)C(=O)N[C@@H](C)c1ccccc1. The third-order valence-electron chi connectivity index (χ3n) is 3.87. The number of nitrogens with one attached hydrogen (secondary N) is 1. The molecule has 0 saturated heterocycles. The number of carbonyl (C=O) groups is 1. The van der Waals surface area contributed by atoms with Crippen molar-refractivity contribution in [2.75, 3.05) is 6.54 Å². The number of carbonyl (C=O) groups excluding carboxylic acids is 1. The Labute approximate surface area is 110 Å². The highest BCUT2D eigenvalue weighted by molar-refractivity contribution is 5.83. The van der Waals surface area contributed by atoms with Crippen molar-refractivity contribution in [1.82, 2.24) is 5.32 Å². The van der Waals surface area contributed by atoms with Gasteiger partial charge in [0.05, 0.1) is 11.5 Å². The largest absolute Gasteiger partial charge is 0.349 e. The summed E-state index contributed by atoms with van der Waals surface area (Å²) >= 11 is 0. The molecule has 0 saturated carbocycles. The number of amides is 1. The molecular weight excluding hydrogens is 224 g/mol. The van der Waals surface area contributed by atoms with Crippen LogP contribution in [0, 0.1) is 5.41 Å². The van der Waals surface area contributed by atoms with Crippen LogP contribution in [0.3, 0.4) is 0 Å². The van der Waals surface area contributed by atoms with Crippen molar-refractivity contribution in [3.63, 3.8) is 0 Å². The number of hydrogen-bond donors (Lipinski definition) is 2. The lowest BCUT2D eigenvalue weighted by Crippen LogP contribution is -2.46. The smallest absolute Gasteiger partial charge is 0.227 e. The van der Waals surface area contributed by atoms with Gasteiger partial charge in [-0.2, -0.15) is 0 Å². The van der Waals surface area contributed by atoms with E-state index in [0.717, 1.165) is 18.4 Å². The molecule has 0 aliphatic heterocycles. The number of rotatable bonds is 6. The van der Waals surface area contributed by atoms with Gasteiger partial charge in [-0.3, -0.25) is 4.79 Å². The first kappa shape index (κ1) is 14.7. The molecule has 0 radical (unpaired) electrons. The molecule has 3 N–H and O–H groups in total. The minimum atomic E-state index is -0.428. The fourth-order valence-corrected chi connectivity index (χ4v) is 2.13. The normalized spacial score (nSPS) is 13.1. The van der Waals surface area contributed by atoms with Gasteiger partial charge in [-0.1, -0.05) is 44.2 Å². The van der Waals surface area contributed by atoms with Crippen molar-refractivity contribution in [2.24, 2.45) is 11.1 Å². The molecule has 1 aromatic carbocycles. The van der Waals surface area contributed by atoms with Gasteiger partial charge < -0.3 is 11.1 Å². The van der Waals surface area contributed by atoms with Gasteiger partial charge in [0.2, 0.25) is 5.91 Å². The van der Waals surface area contributed by atoms with Crippen LogP contribution < -0.4 is 11.1 Å². The van der Waals surface area contributed by atoms with E-state index in [9.17, 15) is 4.79 Å². The van der Waals surface area contributed by atoms with E-state index in [0.29, 0.717) is 6.54 Å². The molecule has 0 spiro atoms. The Hall–Kier alpha value is -1.35. The summed E-state index contributed by atoms with van der Waals surface area (Å²) in [5.41, 5.74) is 6.47. The molecular formula is C15H24N2O. The van der Waals surface area contributed by atoms with Gasteiger partial charge in [0, 0.05) is 6.54 Å². The highest BCUT2D eigenvalue weighted by atomic mass is 16.2. The maximum Gasteiger partial charge on any atom is 0.227 e. The molecule has 0 aliphatic carbocycles. The first-order valence-corrected chi connectivity index (χ1v) is 6.65. The molecule has 1 atom stereocenters. The second-order valence-corrected chi connectivity index (χ2v) is 4.80. The third kappa shape index (κ3) is 3.10. The molecule has 3 nitrogen and oxygen atoms in total. The lowest BCUT2D eigenvalue weighted by atomic mass is 9.81. The van der Waals surface area contributed by atoms with Crippen LogP contribution in [0.2, 0.25) is 0 Å². The van der Waals surface area contributed by atoms with Gasteiger partial charge in [-0.25, -0.2) is 0 Å². The summed E-state index contributed by atoms with van der Waals surface area (Å²) in [6.45, 7) is 6.43. The highest BCUT2D eigenvalue weighted by Gasteiger charge is 2.33. The van der Waals surface area contributed by atoms with E-state index in [4.69, 9.17) is 5.73 Å². The van der Waals surface area contributed by atoms with Gasteiger partial charge >= 0.3 is 0 Å². The first-order valence-electron chi connectivity index (χ1n) is 6.65. The van der Waals surface area contributed by atoms with E-state index < -0.39 is 5.41 Å². The Morgan fingerprint density at radius 1 is 1.28 bits per heavy atom. The summed E-state index contributed by atoms with van der Waals surface area (Å²) in [7, 11) is 0. The summed E-state index contributed by atoms with van der Waals surface area (Å²) in [4.78, 5) is 12.4. The quantitative estimate of drug-likeness (QED) is 0.813. The molecule has 0 heterocycles. The minimum Gasteiger partial charge on any atom is -0.349 e. The summed E-state index contributed by atoms with van der Waals surface area (Å²) in [6, 6.07) is 9.99. The maximum atomic E-state index is 12.4. The van der Waals surface area contributed by atoms with Crippen LogP contribution >= 0.6 is 0 Å². The zero-order valence-corrected chi connectivity index (χ0v) is 11.6. The molecule has 0 fully saturated rings. The van der Waals surface area contributed by atoms with Crippen LogP contribution in [-0.2, 0) is 4.79 Å². The monoisotopic (exact) mass is 248 g/mol. The fourth-order valence-electron chi connectivity index (χ4n) is 2.13. The topological polar surface area (TPSA) is 55.1 Å². The zero-order chi connectivity index (χ0) is 13.6. The summed E-state index contributed by atoms with van der Waals surface area (Å²) < 4.78 is 0. The Morgan fingerprint density at radius 3 is 2.28 bits per heavy atom. The van der Waals surface area contributed by atoms with E-state index in [1.54, 1.807) is 0 Å². The van der Waals surface area contributed by atoms with Crippen LogP contribution in [0.1, 0.15) is 45.2 Å². The minimum absolute atomic E-state index is 0.0164. The highest BCUT2D eigenvalue weighted by Crippen LogP contribution is 2.26. The summed E-state index contributed by atoms with van der Waals surface area (Å²) in [5, 5.41) is 3.07. The van der Waals surface area contributed by atoms with Gasteiger partial charge in [0.25, 0.3) is 0 Å². The van der Waals surface area contributed by atoms with Crippen LogP contribution in [0.5, 0.6) is 0 Å². The molecule has 100 valence electrons. The van der Waals surface area contributed by atoms with Crippen molar-refractivity contribution in [3.05, 3.63) is 35.9 Å². The lowest BCUT2D eigenvalue weighted by molar-refractivity contribution is -0.131. The van der Waals surface area contributed by atoms with E-state index in [1.807, 2.05) is 51.1 Å². The van der Waals surface area contributed by atoms with Crippen molar-refractivity contribution >= 4 is 5.91 Å². The molecule has 0 bridgehead atoms. The van der Waals surface area contributed by atoms with Crippen molar-refractivity contribution in [3.8, 4) is 0 Å². The Morgan fingerprint density at radius 2 is 1.83 bits per heavy atom. The van der Waals surface area contributed by atoms with Crippen molar-refractivity contribution < 1.29 is 4.79 Å². The second-order valence-electron chi connectivity index (χ2n) is 4.80. The van der Waals surface area contributed by atoms with Gasteiger partial charge in [0.1, 0.15) is 0 Å². The lowest BCUT2D eigenvalue weighted by Gasteiger charge is -2.30. The van der Waals surface area contributed by atoms with E-state index >= 15 is 0 Å². The average Bonchev–Trinajstić information content (AvgIpc) is 2.42. The fraction of sp³-hybridized carbons (Fsp3) is 0.533. The predicted octanol–water partition coefficient (Wildman–Crippen LogP) is 2.63. The molecule has 18 heavy (non-hydrogen) atoms. The van der Waals surface area contributed by atoms with Gasteiger partial charge in [-0.15, -0.1) is 0 Å². The molecule has 0 unspecified atom stereocenters. The molecule has 0 aromatic heterocycles. The summed E-state index contributed by atoms with van der Waals surface area (Å²) in [6.07, 6.45) is 1.54. The molecule has 1 amide bonds. The van der Waals surface area contributed by atoms with Gasteiger partial charge in [0.15, 0.2) is 0 Å². The standard InChI is InChI=1S/C15H24N2O/c1-4-15(5-2,11-16)14(18)17-12(3)13-9-7-6-8-10-13/h6-10,12H,4-5,11,16H2,1-3H3,(H,17,18)/t12-/m0/s1. The molecule has 1 rings (SSSR count). The second kappa shape index (κ2) is 6.55. The van der Waals surface area contributed by atoms with E-state index in [-0.39, 0.29) is 11.9 Å². The van der Waals surface area contributed by atoms with Crippen molar-refractivity contribution in [2.45, 2.75) is 39.7 Å². The van der Waals surface area contributed by atoms with Gasteiger partial charge in [-0.05, 0) is 25.3 Å². The Kier molecular flexibility index (Phi) is 5.35. The Bertz CT molecular complexity index is 363. The number of benzene rings is 1. The number of hydrogen-bond acceptors (Lipinski definition) is 2. The molecule has 3 heteroatoms. The third-order valence-corrected chi connectivity index (χ3v) is 3.87. The molecule has 0 aliphatic rings. The van der Waals surface area contributed by atoms with Crippen molar-refractivity contribution in [1.29, 1.82) is 0 Å². The van der Waals surface area contributed by atoms with Crippen LogP contribution in [-0.4, -0.2) is 12.5 Å².